The molecule has 0 spiro atoms. The summed E-state index contributed by atoms with van der Waals surface area (Å²) in [5.74, 6) is 0.851. The molecule has 0 amide bonds. The molecule has 0 aromatic heterocycles. The number of alkyl halides is 2. The average molecular weight is 446 g/mol. The molecule has 5 heteroatoms. The molecule has 1 saturated heterocycles. The highest BCUT2D eigenvalue weighted by Gasteiger charge is 2.34. The van der Waals surface area contributed by atoms with Crippen LogP contribution in [0, 0.1) is 0 Å². The molecule has 16 heavy (non-hydrogen) atoms. The first-order chi connectivity index (χ1) is 7.72. The molecule has 1 fully saturated rings. The molecule has 1 aliphatic rings. The highest BCUT2D eigenvalue weighted by atomic mass is 127. The van der Waals surface area contributed by atoms with Gasteiger partial charge < -0.3 is 14.2 Å². The molecule has 3 nitrogen and oxygen atoms in total. The quantitative estimate of drug-likeness (QED) is 0.526. The fraction of sp³-hybridized carbons (Fsp3) is 0.455. The van der Waals surface area contributed by atoms with Gasteiger partial charge >= 0.3 is 0 Å². The molecule has 0 bridgehead atoms. The van der Waals surface area contributed by atoms with Crippen LogP contribution < -0.4 is 4.74 Å². The number of hydrogen-bond donors (Lipinski definition) is 0. The molecule has 2 rings (SSSR count). The van der Waals surface area contributed by atoms with E-state index in [-0.39, 0.29) is 0 Å². The smallest absolute Gasteiger partial charge is 0.256 e. The van der Waals surface area contributed by atoms with Gasteiger partial charge in [-0.1, -0.05) is 34.7 Å². The SMILES string of the molecule is ICc1ccc(OCC2(I)OCCO2)cc1. The van der Waals surface area contributed by atoms with Gasteiger partial charge in [-0.2, -0.15) is 0 Å². The van der Waals surface area contributed by atoms with Gasteiger partial charge in [-0.05, 0) is 40.3 Å². The maximum absolute atomic E-state index is 5.63. The zero-order valence-electron chi connectivity index (χ0n) is 8.62. The van der Waals surface area contributed by atoms with Crippen molar-refractivity contribution in [1.82, 2.24) is 0 Å². The second-order valence-electron chi connectivity index (χ2n) is 3.42. The van der Waals surface area contributed by atoms with Crippen molar-refractivity contribution in [3.63, 3.8) is 0 Å². The van der Waals surface area contributed by atoms with E-state index in [9.17, 15) is 0 Å². The summed E-state index contributed by atoms with van der Waals surface area (Å²) in [5.41, 5.74) is 1.30. The Morgan fingerprint density at radius 2 is 1.81 bits per heavy atom. The van der Waals surface area contributed by atoms with Crippen LogP contribution in [-0.2, 0) is 13.9 Å². The van der Waals surface area contributed by atoms with Crippen LogP contribution in [-0.4, -0.2) is 23.6 Å². The van der Waals surface area contributed by atoms with E-state index < -0.39 is 3.79 Å². The number of benzene rings is 1. The van der Waals surface area contributed by atoms with Crippen molar-refractivity contribution in [3.05, 3.63) is 29.8 Å². The van der Waals surface area contributed by atoms with E-state index in [1.165, 1.54) is 5.56 Å². The summed E-state index contributed by atoms with van der Waals surface area (Å²) in [6.45, 7) is 1.69. The Labute approximate surface area is 122 Å². The Balaban J connectivity index is 1.89. The summed E-state index contributed by atoms with van der Waals surface area (Å²) in [7, 11) is 0. The van der Waals surface area contributed by atoms with Crippen LogP contribution in [0.1, 0.15) is 5.56 Å². The maximum atomic E-state index is 5.63. The lowest BCUT2D eigenvalue weighted by Crippen LogP contribution is -2.29. The summed E-state index contributed by atoms with van der Waals surface area (Å²) in [5, 5.41) is 0. The van der Waals surface area contributed by atoms with Crippen LogP contribution in [0.4, 0.5) is 0 Å². The Kier molecular flexibility index (Phi) is 4.68. The molecule has 0 N–H and O–H groups in total. The Morgan fingerprint density at radius 1 is 1.19 bits per heavy atom. The van der Waals surface area contributed by atoms with Crippen molar-refractivity contribution in [2.24, 2.45) is 0 Å². The normalized spacial score (nSPS) is 18.6. The molecule has 0 saturated carbocycles. The van der Waals surface area contributed by atoms with Crippen LogP contribution in [0.15, 0.2) is 24.3 Å². The first-order valence-electron chi connectivity index (χ1n) is 4.96. The van der Waals surface area contributed by atoms with E-state index in [2.05, 4.69) is 57.3 Å². The zero-order chi connectivity index (χ0) is 11.4. The van der Waals surface area contributed by atoms with Crippen LogP contribution in [0.25, 0.3) is 0 Å². The second-order valence-corrected chi connectivity index (χ2v) is 5.83. The van der Waals surface area contributed by atoms with Gasteiger partial charge in [-0.15, -0.1) is 0 Å². The molecule has 88 valence electrons. The Hall–Kier alpha value is 0.400. The van der Waals surface area contributed by atoms with E-state index in [4.69, 9.17) is 14.2 Å². The lowest BCUT2D eigenvalue weighted by atomic mass is 10.2. The fourth-order valence-corrected chi connectivity index (χ4v) is 2.46. The lowest BCUT2D eigenvalue weighted by molar-refractivity contribution is -0.0848. The number of halogens is 2. The van der Waals surface area contributed by atoms with Crippen molar-refractivity contribution >= 4 is 45.2 Å². The van der Waals surface area contributed by atoms with Crippen molar-refractivity contribution in [2.45, 2.75) is 8.22 Å². The standard InChI is InChI=1S/C11H12I2O3/c12-7-9-1-3-10(4-2-9)14-8-11(13)15-5-6-16-11/h1-4H,5-8H2. The third-order valence-electron chi connectivity index (χ3n) is 2.21. The van der Waals surface area contributed by atoms with E-state index in [0.717, 1.165) is 10.2 Å². The Bertz CT molecular complexity index is 334. The Morgan fingerprint density at radius 3 is 2.38 bits per heavy atom. The van der Waals surface area contributed by atoms with E-state index in [1.807, 2.05) is 12.1 Å². The summed E-state index contributed by atoms with van der Waals surface area (Å²) < 4.78 is 16.9. The first-order valence-corrected chi connectivity index (χ1v) is 7.57. The lowest BCUT2D eigenvalue weighted by Gasteiger charge is -2.20. The van der Waals surface area contributed by atoms with Crippen molar-refractivity contribution in [1.29, 1.82) is 0 Å². The molecule has 0 unspecified atom stereocenters. The third kappa shape index (κ3) is 3.44. The number of hydrogen-bond acceptors (Lipinski definition) is 3. The first kappa shape index (κ1) is 12.8. The minimum absolute atomic E-state index is 0.414. The molecule has 0 atom stereocenters. The topological polar surface area (TPSA) is 27.7 Å². The third-order valence-corrected chi connectivity index (χ3v) is 4.02. The minimum Gasteiger partial charge on any atom is -0.487 e. The van der Waals surface area contributed by atoms with Gasteiger partial charge in [0.1, 0.15) is 5.75 Å². The highest BCUT2D eigenvalue weighted by molar-refractivity contribution is 14.1. The average Bonchev–Trinajstić information content (AvgIpc) is 2.75. The predicted molar refractivity (Wildman–Crippen MR) is 78.3 cm³/mol. The second kappa shape index (κ2) is 5.83. The van der Waals surface area contributed by atoms with Gasteiger partial charge in [0.05, 0.1) is 13.2 Å². The summed E-state index contributed by atoms with van der Waals surface area (Å²) in [6.07, 6.45) is 0. The van der Waals surface area contributed by atoms with E-state index in [0.29, 0.717) is 19.8 Å². The number of ether oxygens (including phenoxy) is 3. The zero-order valence-corrected chi connectivity index (χ0v) is 12.9. The molecule has 0 aliphatic carbocycles. The minimum atomic E-state index is -0.611. The molecule has 0 radical (unpaired) electrons. The van der Waals surface area contributed by atoms with Gasteiger partial charge in [-0.3, -0.25) is 0 Å². The summed E-state index contributed by atoms with van der Waals surface area (Å²) in [4.78, 5) is 0. The molecule has 1 aromatic rings. The van der Waals surface area contributed by atoms with Crippen molar-refractivity contribution < 1.29 is 14.2 Å². The van der Waals surface area contributed by atoms with Crippen LogP contribution >= 0.6 is 45.2 Å². The predicted octanol–water partition coefficient (Wildman–Crippen LogP) is 3.14. The van der Waals surface area contributed by atoms with Gasteiger partial charge in [0.25, 0.3) is 3.79 Å². The largest absolute Gasteiger partial charge is 0.487 e. The fourth-order valence-electron chi connectivity index (χ4n) is 1.36. The molecular formula is C11H12I2O3. The van der Waals surface area contributed by atoms with Gasteiger partial charge in [0.15, 0.2) is 6.61 Å². The summed E-state index contributed by atoms with van der Waals surface area (Å²) in [6, 6.07) is 8.09. The maximum Gasteiger partial charge on any atom is 0.256 e. The number of rotatable bonds is 4. The van der Waals surface area contributed by atoms with Crippen molar-refractivity contribution in [3.8, 4) is 5.75 Å². The van der Waals surface area contributed by atoms with Crippen molar-refractivity contribution in [2.75, 3.05) is 19.8 Å². The summed E-state index contributed by atoms with van der Waals surface area (Å²) >= 11 is 4.47. The monoisotopic (exact) mass is 446 g/mol. The molecule has 1 aromatic carbocycles. The van der Waals surface area contributed by atoms with Crippen LogP contribution in [0.2, 0.25) is 0 Å². The van der Waals surface area contributed by atoms with Gasteiger partial charge in [-0.25, -0.2) is 0 Å². The molecular weight excluding hydrogens is 434 g/mol. The molecule has 1 aliphatic heterocycles. The molecule has 1 heterocycles. The van der Waals surface area contributed by atoms with Gasteiger partial charge in [0, 0.05) is 4.43 Å². The van der Waals surface area contributed by atoms with Crippen LogP contribution in [0.5, 0.6) is 5.75 Å². The van der Waals surface area contributed by atoms with E-state index in [1.54, 1.807) is 0 Å². The van der Waals surface area contributed by atoms with Crippen LogP contribution in [0.3, 0.4) is 0 Å². The van der Waals surface area contributed by atoms with E-state index >= 15 is 0 Å². The highest BCUT2D eigenvalue weighted by Crippen LogP contribution is 2.28. The van der Waals surface area contributed by atoms with Gasteiger partial charge in [0.2, 0.25) is 0 Å².